The molecule has 0 aliphatic heterocycles. The number of aryl methyl sites for hydroxylation is 1. The minimum atomic E-state index is -0.636. The summed E-state index contributed by atoms with van der Waals surface area (Å²) in [7, 11) is 0. The predicted molar refractivity (Wildman–Crippen MR) is 76.3 cm³/mol. The Morgan fingerprint density at radius 3 is 2.30 bits per heavy atom. The number of hydrogen-bond acceptors (Lipinski definition) is 2. The average Bonchev–Trinajstić information content (AvgIpc) is 2.44. The van der Waals surface area contributed by atoms with E-state index < -0.39 is 6.10 Å². The highest BCUT2D eigenvalue weighted by Crippen LogP contribution is 2.14. The Morgan fingerprint density at radius 2 is 1.70 bits per heavy atom. The van der Waals surface area contributed by atoms with Crippen LogP contribution >= 0.6 is 0 Å². The van der Waals surface area contributed by atoms with E-state index in [2.05, 4.69) is 5.32 Å². The second-order valence-electron chi connectivity index (χ2n) is 4.57. The maximum atomic E-state index is 12.8. The first-order valence-electron chi connectivity index (χ1n) is 6.34. The van der Waals surface area contributed by atoms with Crippen molar-refractivity contribution in [2.24, 2.45) is 0 Å². The Morgan fingerprint density at radius 1 is 1.10 bits per heavy atom. The summed E-state index contributed by atoms with van der Waals surface area (Å²) in [4.78, 5) is 11.9. The summed E-state index contributed by atoms with van der Waals surface area (Å²) >= 11 is 0. The van der Waals surface area contributed by atoms with Crippen LogP contribution in [0.3, 0.4) is 0 Å². The van der Waals surface area contributed by atoms with E-state index in [0.29, 0.717) is 11.4 Å². The molecule has 1 N–H and O–H groups in total. The van der Waals surface area contributed by atoms with Crippen molar-refractivity contribution in [2.75, 3.05) is 5.32 Å². The van der Waals surface area contributed by atoms with Crippen LogP contribution in [-0.4, -0.2) is 12.0 Å². The zero-order valence-corrected chi connectivity index (χ0v) is 11.4. The molecule has 0 saturated carbocycles. The van der Waals surface area contributed by atoms with Crippen LogP contribution in [0.15, 0.2) is 48.5 Å². The average molecular weight is 273 g/mol. The van der Waals surface area contributed by atoms with Gasteiger partial charge in [0, 0.05) is 5.69 Å². The van der Waals surface area contributed by atoms with Gasteiger partial charge in [-0.2, -0.15) is 0 Å². The van der Waals surface area contributed by atoms with E-state index in [4.69, 9.17) is 4.74 Å². The zero-order chi connectivity index (χ0) is 14.5. The smallest absolute Gasteiger partial charge is 0.265 e. The highest BCUT2D eigenvalue weighted by Gasteiger charge is 2.14. The fourth-order valence-corrected chi connectivity index (χ4v) is 1.65. The van der Waals surface area contributed by atoms with Crippen molar-refractivity contribution in [1.29, 1.82) is 0 Å². The fourth-order valence-electron chi connectivity index (χ4n) is 1.65. The number of carbonyl (C=O) groups is 1. The maximum Gasteiger partial charge on any atom is 0.265 e. The molecule has 2 aromatic carbocycles. The third kappa shape index (κ3) is 3.82. The van der Waals surface area contributed by atoms with Gasteiger partial charge < -0.3 is 10.1 Å². The molecule has 0 heterocycles. The van der Waals surface area contributed by atoms with Crippen molar-refractivity contribution in [1.82, 2.24) is 0 Å². The molecule has 0 aromatic heterocycles. The van der Waals surface area contributed by atoms with Gasteiger partial charge >= 0.3 is 0 Å². The topological polar surface area (TPSA) is 38.3 Å². The largest absolute Gasteiger partial charge is 0.481 e. The van der Waals surface area contributed by atoms with Gasteiger partial charge in [-0.05, 0) is 50.2 Å². The van der Waals surface area contributed by atoms with Gasteiger partial charge in [-0.3, -0.25) is 4.79 Å². The highest BCUT2D eigenvalue weighted by atomic mass is 19.1. The normalized spacial score (nSPS) is 11.8. The zero-order valence-electron chi connectivity index (χ0n) is 11.4. The van der Waals surface area contributed by atoms with Crippen molar-refractivity contribution in [3.63, 3.8) is 0 Å². The number of rotatable bonds is 4. The molecule has 0 unspecified atom stereocenters. The summed E-state index contributed by atoms with van der Waals surface area (Å²) in [5.41, 5.74) is 1.66. The van der Waals surface area contributed by atoms with Gasteiger partial charge in [0.05, 0.1) is 0 Å². The molecule has 3 nitrogen and oxygen atoms in total. The van der Waals surface area contributed by atoms with Crippen LogP contribution in [0.1, 0.15) is 12.5 Å². The number of ether oxygens (including phenoxy) is 1. The monoisotopic (exact) mass is 273 g/mol. The van der Waals surface area contributed by atoms with Crippen LogP contribution in [0.25, 0.3) is 0 Å². The molecular formula is C16H16FNO2. The van der Waals surface area contributed by atoms with Gasteiger partial charge in [-0.25, -0.2) is 4.39 Å². The number of hydrogen-bond donors (Lipinski definition) is 1. The molecule has 0 aliphatic rings. The fraction of sp³-hybridized carbons (Fsp3) is 0.188. The van der Waals surface area contributed by atoms with Crippen molar-refractivity contribution in [3.8, 4) is 5.75 Å². The summed E-state index contributed by atoms with van der Waals surface area (Å²) < 4.78 is 18.3. The Hall–Kier alpha value is -2.36. The van der Waals surface area contributed by atoms with Gasteiger partial charge in [0.15, 0.2) is 6.10 Å². The lowest BCUT2D eigenvalue weighted by atomic mass is 10.2. The van der Waals surface area contributed by atoms with E-state index >= 15 is 0 Å². The van der Waals surface area contributed by atoms with Crippen LogP contribution in [0, 0.1) is 12.7 Å². The van der Waals surface area contributed by atoms with Gasteiger partial charge in [0.1, 0.15) is 11.6 Å². The summed E-state index contributed by atoms with van der Waals surface area (Å²) in [6.07, 6.45) is -0.636. The van der Waals surface area contributed by atoms with Gasteiger partial charge in [-0.1, -0.05) is 17.7 Å². The summed E-state index contributed by atoms with van der Waals surface area (Å²) in [5.74, 6) is 0.0153. The SMILES string of the molecule is Cc1ccc(O[C@H](C)C(=O)Nc2ccc(F)cc2)cc1. The summed E-state index contributed by atoms with van der Waals surface area (Å²) in [5, 5.41) is 2.67. The Kier molecular flexibility index (Phi) is 4.35. The number of carbonyl (C=O) groups excluding carboxylic acids is 1. The molecule has 0 spiro atoms. The van der Waals surface area contributed by atoms with Crippen molar-refractivity contribution < 1.29 is 13.9 Å². The van der Waals surface area contributed by atoms with Crippen LogP contribution in [0.4, 0.5) is 10.1 Å². The molecule has 2 aromatic rings. The van der Waals surface area contributed by atoms with Crippen LogP contribution in [0.5, 0.6) is 5.75 Å². The van der Waals surface area contributed by atoms with Crippen molar-refractivity contribution >= 4 is 11.6 Å². The first-order valence-corrected chi connectivity index (χ1v) is 6.34. The Balaban J connectivity index is 1.94. The molecular weight excluding hydrogens is 257 g/mol. The summed E-state index contributed by atoms with van der Waals surface area (Å²) in [6.45, 7) is 3.65. The maximum absolute atomic E-state index is 12.8. The lowest BCUT2D eigenvalue weighted by Crippen LogP contribution is -2.30. The molecule has 20 heavy (non-hydrogen) atoms. The third-order valence-corrected chi connectivity index (χ3v) is 2.81. The number of benzene rings is 2. The van der Waals surface area contributed by atoms with Gasteiger partial charge in [0.2, 0.25) is 0 Å². The molecule has 104 valence electrons. The highest BCUT2D eigenvalue weighted by molar-refractivity contribution is 5.94. The van der Waals surface area contributed by atoms with E-state index in [1.807, 2.05) is 31.2 Å². The first kappa shape index (κ1) is 14.1. The molecule has 0 aliphatic carbocycles. The first-order chi connectivity index (χ1) is 9.54. The number of anilines is 1. The van der Waals surface area contributed by atoms with Crippen LogP contribution in [-0.2, 0) is 4.79 Å². The number of amides is 1. The van der Waals surface area contributed by atoms with Gasteiger partial charge in [0.25, 0.3) is 5.91 Å². The minimum Gasteiger partial charge on any atom is -0.481 e. The summed E-state index contributed by atoms with van der Waals surface area (Å²) in [6, 6.07) is 13.1. The second-order valence-corrected chi connectivity index (χ2v) is 4.57. The quantitative estimate of drug-likeness (QED) is 0.925. The lowest BCUT2D eigenvalue weighted by Gasteiger charge is -2.14. The van der Waals surface area contributed by atoms with E-state index in [1.165, 1.54) is 24.3 Å². The van der Waals surface area contributed by atoms with Gasteiger partial charge in [-0.15, -0.1) is 0 Å². The second kappa shape index (κ2) is 6.19. The van der Waals surface area contributed by atoms with E-state index in [0.717, 1.165) is 5.56 Å². The lowest BCUT2D eigenvalue weighted by molar-refractivity contribution is -0.122. The van der Waals surface area contributed by atoms with E-state index in [1.54, 1.807) is 6.92 Å². The standard InChI is InChI=1S/C16H16FNO2/c1-11-3-9-15(10-4-11)20-12(2)16(19)18-14-7-5-13(17)6-8-14/h3-10,12H,1-2H3,(H,18,19)/t12-/m1/s1. The molecule has 2 rings (SSSR count). The molecule has 4 heteroatoms. The number of nitrogens with one attached hydrogen (secondary N) is 1. The molecule has 0 radical (unpaired) electrons. The van der Waals surface area contributed by atoms with E-state index in [-0.39, 0.29) is 11.7 Å². The van der Waals surface area contributed by atoms with Crippen molar-refractivity contribution in [3.05, 3.63) is 59.9 Å². The third-order valence-electron chi connectivity index (χ3n) is 2.81. The predicted octanol–water partition coefficient (Wildman–Crippen LogP) is 3.54. The van der Waals surface area contributed by atoms with Crippen LogP contribution < -0.4 is 10.1 Å². The Bertz CT molecular complexity index is 578. The van der Waals surface area contributed by atoms with Crippen molar-refractivity contribution in [2.45, 2.75) is 20.0 Å². The molecule has 1 atom stereocenters. The molecule has 0 fully saturated rings. The molecule has 1 amide bonds. The van der Waals surface area contributed by atoms with E-state index in [9.17, 15) is 9.18 Å². The van der Waals surface area contributed by atoms with Crippen LogP contribution in [0.2, 0.25) is 0 Å². The minimum absolute atomic E-state index is 0.280. The Labute approximate surface area is 117 Å². The molecule has 0 bridgehead atoms. The number of halogens is 1. The molecule has 0 saturated heterocycles.